The van der Waals surface area contributed by atoms with Crippen molar-refractivity contribution in [2.24, 2.45) is 0 Å². The van der Waals surface area contributed by atoms with E-state index in [2.05, 4.69) is 9.97 Å². The van der Waals surface area contributed by atoms with Crippen LogP contribution in [0.25, 0.3) is 11.3 Å². The van der Waals surface area contributed by atoms with E-state index in [0.717, 1.165) is 12.1 Å². The monoisotopic (exact) mass is 270 g/mol. The van der Waals surface area contributed by atoms with E-state index in [4.69, 9.17) is 12.2 Å². The van der Waals surface area contributed by atoms with Gasteiger partial charge in [0, 0.05) is 5.69 Å². The molecule has 2 nitrogen and oxygen atoms in total. The summed E-state index contributed by atoms with van der Waals surface area (Å²) in [6, 6.07) is 6.51. The first-order valence-electron chi connectivity index (χ1n) is 5.12. The number of aromatic nitrogens is 2. The highest BCUT2D eigenvalue weighted by atomic mass is 32.1. The van der Waals surface area contributed by atoms with Crippen molar-refractivity contribution < 1.29 is 13.2 Å². The summed E-state index contributed by atoms with van der Waals surface area (Å²) >= 11 is 4.96. The predicted octanol–water partition coefficient (Wildman–Crippen LogP) is 4.13. The summed E-state index contributed by atoms with van der Waals surface area (Å²) < 4.78 is 37.7. The zero-order valence-corrected chi connectivity index (χ0v) is 10.2. The van der Waals surface area contributed by atoms with Crippen LogP contribution in [-0.2, 0) is 6.18 Å². The molecule has 0 radical (unpaired) electrons. The molecule has 6 heteroatoms. The minimum absolute atomic E-state index is 0.404. The van der Waals surface area contributed by atoms with Crippen LogP contribution in [0.5, 0.6) is 0 Å². The Labute approximate surface area is 107 Å². The molecule has 0 saturated heterocycles. The lowest BCUT2D eigenvalue weighted by Gasteiger charge is -2.08. The van der Waals surface area contributed by atoms with Gasteiger partial charge in [-0.05, 0) is 30.7 Å². The van der Waals surface area contributed by atoms with E-state index in [9.17, 15) is 13.2 Å². The molecule has 1 N–H and O–H groups in total. The average Bonchev–Trinajstić information content (AvgIpc) is 2.27. The molecule has 0 amide bonds. The smallest absolute Gasteiger partial charge is 0.343 e. The largest absolute Gasteiger partial charge is 0.416 e. The minimum atomic E-state index is -4.32. The molecule has 0 saturated carbocycles. The lowest BCUT2D eigenvalue weighted by Crippen LogP contribution is -2.04. The predicted molar refractivity (Wildman–Crippen MR) is 64.6 cm³/mol. The maximum absolute atomic E-state index is 12.4. The maximum atomic E-state index is 12.4. The second kappa shape index (κ2) is 4.53. The van der Waals surface area contributed by atoms with Gasteiger partial charge in [-0.3, -0.25) is 0 Å². The van der Waals surface area contributed by atoms with E-state index in [-0.39, 0.29) is 0 Å². The topological polar surface area (TPSA) is 28.7 Å². The van der Waals surface area contributed by atoms with Gasteiger partial charge in [-0.2, -0.15) is 13.2 Å². The van der Waals surface area contributed by atoms with Gasteiger partial charge in [0.15, 0.2) is 0 Å². The summed E-state index contributed by atoms with van der Waals surface area (Å²) in [6.45, 7) is 1.74. The van der Waals surface area contributed by atoms with Crippen LogP contribution >= 0.6 is 12.2 Å². The van der Waals surface area contributed by atoms with Crippen LogP contribution in [0.3, 0.4) is 0 Å². The quantitative estimate of drug-likeness (QED) is 0.789. The fourth-order valence-corrected chi connectivity index (χ4v) is 1.83. The van der Waals surface area contributed by atoms with Gasteiger partial charge in [0.2, 0.25) is 0 Å². The lowest BCUT2D eigenvalue weighted by atomic mass is 10.1. The number of nitrogens with one attached hydrogen (secondary N) is 1. The van der Waals surface area contributed by atoms with Crippen LogP contribution in [0.1, 0.15) is 11.4 Å². The van der Waals surface area contributed by atoms with E-state index in [1.807, 2.05) is 0 Å². The van der Waals surface area contributed by atoms with Gasteiger partial charge in [-0.1, -0.05) is 24.4 Å². The summed E-state index contributed by atoms with van der Waals surface area (Å²) in [5, 5.41) is 0. The molecule has 0 bridgehead atoms. The first kappa shape index (κ1) is 12.8. The standard InChI is InChI=1S/C12H9F3N2S/c1-7-16-10(6-11(18)17-7)8-2-4-9(5-3-8)12(13,14)15/h2-6H,1H3,(H,16,17,18). The Morgan fingerprint density at radius 2 is 1.78 bits per heavy atom. The number of rotatable bonds is 1. The van der Waals surface area contributed by atoms with E-state index in [1.165, 1.54) is 12.1 Å². The minimum Gasteiger partial charge on any atom is -0.343 e. The van der Waals surface area contributed by atoms with Gasteiger partial charge in [0.1, 0.15) is 10.5 Å². The van der Waals surface area contributed by atoms with Crippen molar-refractivity contribution in [3.63, 3.8) is 0 Å². The molecule has 2 rings (SSSR count). The van der Waals surface area contributed by atoms with Crippen LogP contribution < -0.4 is 0 Å². The number of aromatic amines is 1. The van der Waals surface area contributed by atoms with Gasteiger partial charge in [0.25, 0.3) is 0 Å². The number of halogens is 3. The number of aryl methyl sites for hydroxylation is 1. The van der Waals surface area contributed by atoms with Gasteiger partial charge in [0.05, 0.1) is 5.56 Å². The molecule has 0 aliphatic heterocycles. The van der Waals surface area contributed by atoms with Crippen molar-refractivity contribution in [1.82, 2.24) is 9.97 Å². The van der Waals surface area contributed by atoms with Crippen molar-refractivity contribution in [3.8, 4) is 11.3 Å². The first-order chi connectivity index (χ1) is 8.36. The molecule has 0 unspecified atom stereocenters. The molecule has 1 aromatic heterocycles. The average molecular weight is 270 g/mol. The molecule has 0 aliphatic carbocycles. The third-order valence-corrected chi connectivity index (χ3v) is 2.59. The van der Waals surface area contributed by atoms with Gasteiger partial charge < -0.3 is 4.98 Å². The number of benzene rings is 1. The third-order valence-electron chi connectivity index (χ3n) is 2.38. The zero-order chi connectivity index (χ0) is 13.3. The van der Waals surface area contributed by atoms with Gasteiger partial charge >= 0.3 is 6.18 Å². The molecule has 2 aromatic rings. The number of hydrogen-bond donors (Lipinski definition) is 1. The molecule has 0 aliphatic rings. The summed E-state index contributed by atoms with van der Waals surface area (Å²) in [6.07, 6.45) is -4.32. The van der Waals surface area contributed by atoms with Crippen LogP contribution in [0, 0.1) is 11.6 Å². The van der Waals surface area contributed by atoms with Crippen molar-refractivity contribution in [1.29, 1.82) is 0 Å². The number of alkyl halides is 3. The van der Waals surface area contributed by atoms with Crippen molar-refractivity contribution in [2.45, 2.75) is 13.1 Å². The van der Waals surface area contributed by atoms with Crippen molar-refractivity contribution in [3.05, 3.63) is 46.4 Å². The number of H-pyrrole nitrogens is 1. The Hall–Kier alpha value is -1.69. The fraction of sp³-hybridized carbons (Fsp3) is 0.167. The fourth-order valence-electron chi connectivity index (χ4n) is 1.57. The van der Waals surface area contributed by atoms with Crippen LogP contribution in [0.15, 0.2) is 30.3 Å². The Morgan fingerprint density at radius 3 is 2.28 bits per heavy atom. The molecular weight excluding hydrogens is 261 g/mol. The van der Waals surface area contributed by atoms with Crippen molar-refractivity contribution >= 4 is 12.2 Å². The molecule has 1 heterocycles. The molecular formula is C12H9F3N2S. The first-order valence-corrected chi connectivity index (χ1v) is 5.53. The van der Waals surface area contributed by atoms with Gasteiger partial charge in [-0.25, -0.2) is 4.98 Å². The number of hydrogen-bond acceptors (Lipinski definition) is 2. The van der Waals surface area contributed by atoms with E-state index in [1.54, 1.807) is 13.0 Å². The molecule has 0 fully saturated rings. The second-order valence-electron chi connectivity index (χ2n) is 3.79. The molecule has 0 atom stereocenters. The summed E-state index contributed by atoms with van der Waals surface area (Å²) in [4.78, 5) is 6.96. The SMILES string of the molecule is Cc1nc(=S)cc(-c2ccc(C(F)(F)F)cc2)[nH]1. The molecule has 18 heavy (non-hydrogen) atoms. The third kappa shape index (κ3) is 2.76. The Morgan fingerprint density at radius 1 is 1.17 bits per heavy atom. The summed E-state index contributed by atoms with van der Waals surface area (Å²) in [5.41, 5.74) is 0.622. The van der Waals surface area contributed by atoms with Crippen molar-refractivity contribution in [2.75, 3.05) is 0 Å². The Balaban J connectivity index is 2.43. The van der Waals surface area contributed by atoms with E-state index < -0.39 is 11.7 Å². The van der Waals surface area contributed by atoms with Gasteiger partial charge in [-0.15, -0.1) is 0 Å². The van der Waals surface area contributed by atoms with E-state index in [0.29, 0.717) is 21.7 Å². The second-order valence-corrected chi connectivity index (χ2v) is 4.21. The molecule has 0 spiro atoms. The van der Waals surface area contributed by atoms with Crippen LogP contribution in [0.2, 0.25) is 0 Å². The summed E-state index contributed by atoms with van der Waals surface area (Å²) in [7, 11) is 0. The van der Waals surface area contributed by atoms with Crippen LogP contribution in [0.4, 0.5) is 13.2 Å². The molecule has 94 valence electrons. The normalized spacial score (nSPS) is 11.6. The number of nitrogens with zero attached hydrogens (tertiary/aromatic N) is 1. The van der Waals surface area contributed by atoms with E-state index >= 15 is 0 Å². The maximum Gasteiger partial charge on any atom is 0.416 e. The van der Waals surface area contributed by atoms with Crippen LogP contribution in [-0.4, -0.2) is 9.97 Å². The lowest BCUT2D eigenvalue weighted by molar-refractivity contribution is -0.137. The highest BCUT2D eigenvalue weighted by Crippen LogP contribution is 2.30. The highest BCUT2D eigenvalue weighted by Gasteiger charge is 2.29. The molecule has 1 aromatic carbocycles. The Kier molecular flexibility index (Phi) is 3.21. The highest BCUT2D eigenvalue weighted by molar-refractivity contribution is 7.71. The zero-order valence-electron chi connectivity index (χ0n) is 9.38. The summed E-state index contributed by atoms with van der Waals surface area (Å²) in [5.74, 6) is 0.623. The Bertz CT molecular complexity index is 614.